The zero-order valence-corrected chi connectivity index (χ0v) is 11.2. The van der Waals surface area contributed by atoms with Gasteiger partial charge in [-0.25, -0.2) is 4.98 Å². The van der Waals surface area contributed by atoms with Crippen LogP contribution in [0.25, 0.3) is 0 Å². The fourth-order valence-electron chi connectivity index (χ4n) is 2.37. The van der Waals surface area contributed by atoms with E-state index >= 15 is 0 Å². The average Bonchev–Trinajstić information content (AvgIpc) is 2.51. The first kappa shape index (κ1) is 12.9. The highest BCUT2D eigenvalue weighted by molar-refractivity contribution is 5.92. The van der Waals surface area contributed by atoms with Crippen LogP contribution in [0.4, 0.5) is 5.82 Å². The number of piperazine rings is 1. The zero-order chi connectivity index (χ0) is 13.8. The number of nitrogens with zero attached hydrogens (tertiary/aromatic N) is 4. The molecular weight excluding hydrogens is 256 g/mol. The first-order chi connectivity index (χ1) is 9.81. The monoisotopic (exact) mass is 274 g/mol. The standard InChI is InChI=1S/C13H18N6O/c20-13-9-15-11(16-17-13)10-18-5-7-19(8-6-18)12-3-1-2-4-14-12/h1-4H,5-10H2,(H,15,16)(H,17,20). The molecule has 20 heavy (non-hydrogen) atoms. The fraction of sp³-hybridized carbons (Fsp3) is 0.462. The highest BCUT2D eigenvalue weighted by Crippen LogP contribution is 2.12. The third kappa shape index (κ3) is 3.05. The Kier molecular flexibility index (Phi) is 3.78. The van der Waals surface area contributed by atoms with E-state index in [4.69, 9.17) is 0 Å². The highest BCUT2D eigenvalue weighted by atomic mass is 16.2. The number of amides is 1. The van der Waals surface area contributed by atoms with E-state index < -0.39 is 0 Å². The number of rotatable bonds is 3. The van der Waals surface area contributed by atoms with Gasteiger partial charge in [-0.15, -0.1) is 0 Å². The summed E-state index contributed by atoms with van der Waals surface area (Å²) in [6.07, 6.45) is 1.82. The molecule has 2 N–H and O–H groups in total. The van der Waals surface area contributed by atoms with E-state index in [1.165, 1.54) is 0 Å². The molecule has 2 aliphatic heterocycles. The van der Waals surface area contributed by atoms with Crippen molar-refractivity contribution in [3.63, 3.8) is 0 Å². The maximum absolute atomic E-state index is 11.0. The Balaban J connectivity index is 1.50. The summed E-state index contributed by atoms with van der Waals surface area (Å²) in [6, 6.07) is 5.98. The van der Waals surface area contributed by atoms with Crippen LogP contribution in [0, 0.1) is 0 Å². The van der Waals surface area contributed by atoms with Crippen molar-refractivity contribution in [2.24, 2.45) is 4.99 Å². The van der Waals surface area contributed by atoms with Crippen molar-refractivity contribution in [3.8, 4) is 0 Å². The number of hydrogen-bond donors (Lipinski definition) is 2. The van der Waals surface area contributed by atoms with E-state index in [9.17, 15) is 4.79 Å². The van der Waals surface area contributed by atoms with Gasteiger partial charge in [-0.05, 0) is 12.1 Å². The Morgan fingerprint density at radius 2 is 2.00 bits per heavy atom. The van der Waals surface area contributed by atoms with E-state index in [0.29, 0.717) is 0 Å². The molecule has 3 heterocycles. The number of aromatic nitrogens is 1. The van der Waals surface area contributed by atoms with Gasteiger partial charge in [0.15, 0.2) is 0 Å². The SMILES string of the molecule is O=C1CN=C(CN2CCN(c3ccccn3)CC2)NN1. The number of pyridine rings is 1. The third-order valence-electron chi connectivity index (χ3n) is 3.48. The molecule has 0 aliphatic carbocycles. The summed E-state index contributed by atoms with van der Waals surface area (Å²) >= 11 is 0. The predicted molar refractivity (Wildman–Crippen MR) is 76.5 cm³/mol. The molecule has 1 fully saturated rings. The lowest BCUT2D eigenvalue weighted by Gasteiger charge is -2.35. The third-order valence-corrected chi connectivity index (χ3v) is 3.48. The second-order valence-electron chi connectivity index (χ2n) is 4.89. The molecule has 7 nitrogen and oxygen atoms in total. The zero-order valence-electron chi connectivity index (χ0n) is 11.2. The van der Waals surface area contributed by atoms with Crippen LogP contribution in [-0.2, 0) is 4.79 Å². The van der Waals surface area contributed by atoms with Crippen LogP contribution in [0.5, 0.6) is 0 Å². The molecule has 3 rings (SSSR count). The highest BCUT2D eigenvalue weighted by Gasteiger charge is 2.20. The van der Waals surface area contributed by atoms with Crippen molar-refractivity contribution in [3.05, 3.63) is 24.4 Å². The Morgan fingerprint density at radius 3 is 2.65 bits per heavy atom. The molecule has 0 aromatic carbocycles. The first-order valence-electron chi connectivity index (χ1n) is 6.78. The van der Waals surface area contributed by atoms with E-state index in [2.05, 4.69) is 30.6 Å². The average molecular weight is 274 g/mol. The topological polar surface area (TPSA) is 72.9 Å². The van der Waals surface area contributed by atoms with Crippen LogP contribution in [0.3, 0.4) is 0 Å². The van der Waals surface area contributed by atoms with Gasteiger partial charge in [0.1, 0.15) is 18.2 Å². The summed E-state index contributed by atoms with van der Waals surface area (Å²) in [5.41, 5.74) is 5.43. The Hall–Kier alpha value is -2.15. The minimum Gasteiger partial charge on any atom is -0.354 e. The Morgan fingerprint density at radius 1 is 1.15 bits per heavy atom. The van der Waals surface area contributed by atoms with Crippen LogP contribution in [0.15, 0.2) is 29.4 Å². The van der Waals surface area contributed by atoms with Gasteiger partial charge in [0, 0.05) is 32.4 Å². The van der Waals surface area contributed by atoms with Gasteiger partial charge in [-0.3, -0.25) is 25.5 Å². The number of anilines is 1. The second-order valence-corrected chi connectivity index (χ2v) is 4.89. The van der Waals surface area contributed by atoms with Crippen LogP contribution in [0.2, 0.25) is 0 Å². The summed E-state index contributed by atoms with van der Waals surface area (Å²) in [5.74, 6) is 1.78. The van der Waals surface area contributed by atoms with Crippen LogP contribution in [0.1, 0.15) is 0 Å². The van der Waals surface area contributed by atoms with Crippen molar-refractivity contribution in [2.75, 3.05) is 44.2 Å². The number of nitrogens with one attached hydrogen (secondary N) is 2. The Bertz CT molecular complexity index is 495. The summed E-state index contributed by atoms with van der Waals surface area (Å²) in [6.45, 7) is 4.80. The molecule has 0 radical (unpaired) electrons. The minimum absolute atomic E-state index is 0.0891. The lowest BCUT2D eigenvalue weighted by molar-refractivity contribution is -0.120. The summed E-state index contributed by atoms with van der Waals surface area (Å²) < 4.78 is 0. The van der Waals surface area contributed by atoms with Crippen molar-refractivity contribution in [1.29, 1.82) is 0 Å². The number of carbonyl (C=O) groups is 1. The molecular formula is C13H18N6O. The second kappa shape index (κ2) is 5.87. The first-order valence-corrected chi connectivity index (χ1v) is 6.78. The predicted octanol–water partition coefficient (Wildman–Crippen LogP) is -0.763. The van der Waals surface area contributed by atoms with Gasteiger partial charge in [-0.2, -0.15) is 0 Å². The van der Waals surface area contributed by atoms with Gasteiger partial charge >= 0.3 is 0 Å². The maximum atomic E-state index is 11.0. The molecule has 0 bridgehead atoms. The van der Waals surface area contributed by atoms with E-state index in [1.807, 2.05) is 24.4 Å². The smallest absolute Gasteiger partial charge is 0.260 e. The van der Waals surface area contributed by atoms with Gasteiger partial charge in [0.2, 0.25) is 0 Å². The van der Waals surface area contributed by atoms with Gasteiger partial charge < -0.3 is 4.90 Å². The molecule has 1 aromatic rings. The van der Waals surface area contributed by atoms with Crippen molar-refractivity contribution in [2.45, 2.75) is 0 Å². The minimum atomic E-state index is -0.0891. The molecule has 2 aliphatic rings. The number of carbonyl (C=O) groups excluding carboxylic acids is 1. The molecule has 1 aromatic heterocycles. The quantitative estimate of drug-likeness (QED) is 0.758. The maximum Gasteiger partial charge on any atom is 0.260 e. The number of hydrogen-bond acceptors (Lipinski definition) is 6. The lowest BCUT2D eigenvalue weighted by Crippen LogP contribution is -2.54. The number of amidine groups is 1. The fourth-order valence-corrected chi connectivity index (χ4v) is 2.37. The van der Waals surface area contributed by atoms with Crippen LogP contribution >= 0.6 is 0 Å². The van der Waals surface area contributed by atoms with Crippen LogP contribution < -0.4 is 15.8 Å². The Labute approximate surface area is 117 Å². The van der Waals surface area contributed by atoms with E-state index in [-0.39, 0.29) is 12.5 Å². The summed E-state index contributed by atoms with van der Waals surface area (Å²) in [5, 5.41) is 0. The lowest BCUT2D eigenvalue weighted by atomic mass is 10.3. The summed E-state index contributed by atoms with van der Waals surface area (Å²) in [4.78, 5) is 24.2. The molecule has 0 saturated carbocycles. The number of hydrazine groups is 1. The normalized spacial score (nSPS) is 20.1. The molecule has 0 atom stereocenters. The van der Waals surface area contributed by atoms with E-state index in [1.54, 1.807) is 0 Å². The van der Waals surface area contributed by atoms with Crippen molar-refractivity contribution < 1.29 is 4.79 Å². The summed E-state index contributed by atoms with van der Waals surface area (Å²) in [7, 11) is 0. The largest absolute Gasteiger partial charge is 0.354 e. The molecule has 0 spiro atoms. The van der Waals surface area contributed by atoms with Crippen molar-refractivity contribution in [1.82, 2.24) is 20.7 Å². The molecule has 0 unspecified atom stereocenters. The number of aliphatic imine (C=N–C) groups is 1. The molecule has 106 valence electrons. The van der Waals surface area contributed by atoms with E-state index in [0.717, 1.165) is 44.4 Å². The van der Waals surface area contributed by atoms with Crippen molar-refractivity contribution >= 4 is 17.6 Å². The van der Waals surface area contributed by atoms with Crippen LogP contribution in [-0.4, -0.2) is 60.9 Å². The molecule has 7 heteroatoms. The molecule has 1 saturated heterocycles. The van der Waals surface area contributed by atoms with Gasteiger partial charge in [-0.1, -0.05) is 6.07 Å². The molecule has 1 amide bonds. The van der Waals surface area contributed by atoms with Gasteiger partial charge in [0.05, 0.1) is 6.54 Å². The van der Waals surface area contributed by atoms with Gasteiger partial charge in [0.25, 0.3) is 5.91 Å².